The first-order chi connectivity index (χ1) is 8.72. The van der Waals surface area contributed by atoms with Crippen molar-refractivity contribution in [1.29, 1.82) is 0 Å². The van der Waals surface area contributed by atoms with E-state index < -0.39 is 0 Å². The number of hydrogen-bond acceptors (Lipinski definition) is 2. The lowest BCUT2D eigenvalue weighted by Crippen LogP contribution is -2.30. The summed E-state index contributed by atoms with van der Waals surface area (Å²) < 4.78 is 0. The van der Waals surface area contributed by atoms with Gasteiger partial charge in [0.1, 0.15) is 0 Å². The summed E-state index contributed by atoms with van der Waals surface area (Å²) >= 11 is 0. The zero-order chi connectivity index (χ0) is 13.0. The van der Waals surface area contributed by atoms with Crippen molar-refractivity contribution < 1.29 is 4.79 Å². The standard InChI is InChI=1S/C16H17NO/c1-12(17-2)16(18)15-10-8-14(9-11-15)13-6-4-3-5-7-13/h3-12,17H,1-2H3. The summed E-state index contributed by atoms with van der Waals surface area (Å²) in [6, 6.07) is 17.8. The Bertz CT molecular complexity index is 517. The van der Waals surface area contributed by atoms with E-state index in [1.54, 1.807) is 7.05 Å². The SMILES string of the molecule is CNC(C)C(=O)c1ccc(-c2ccccc2)cc1. The zero-order valence-corrected chi connectivity index (χ0v) is 10.7. The minimum atomic E-state index is -0.146. The molecule has 0 saturated carbocycles. The maximum absolute atomic E-state index is 12.0. The van der Waals surface area contributed by atoms with Crippen LogP contribution >= 0.6 is 0 Å². The topological polar surface area (TPSA) is 29.1 Å². The lowest BCUT2D eigenvalue weighted by molar-refractivity contribution is 0.0955. The molecule has 2 nitrogen and oxygen atoms in total. The van der Waals surface area contributed by atoms with Crippen LogP contribution in [0.2, 0.25) is 0 Å². The number of rotatable bonds is 4. The molecule has 0 bridgehead atoms. The van der Waals surface area contributed by atoms with Gasteiger partial charge in [-0.2, -0.15) is 0 Å². The summed E-state index contributed by atoms with van der Waals surface area (Å²) in [6.45, 7) is 1.87. The highest BCUT2D eigenvalue weighted by molar-refractivity contribution is 6.00. The molecule has 0 amide bonds. The molecule has 0 saturated heterocycles. The number of hydrogen-bond donors (Lipinski definition) is 1. The van der Waals surface area contributed by atoms with Gasteiger partial charge in [0, 0.05) is 5.56 Å². The van der Waals surface area contributed by atoms with Crippen molar-refractivity contribution in [3.63, 3.8) is 0 Å². The third-order valence-electron chi connectivity index (χ3n) is 3.10. The molecular formula is C16H17NO. The van der Waals surface area contributed by atoms with E-state index in [1.165, 1.54) is 0 Å². The average molecular weight is 239 g/mol. The molecule has 1 N–H and O–H groups in total. The molecule has 0 aliphatic rings. The lowest BCUT2D eigenvalue weighted by atomic mass is 10.0. The summed E-state index contributed by atoms with van der Waals surface area (Å²) in [5.74, 6) is 0.122. The van der Waals surface area contributed by atoms with Gasteiger partial charge in [0.25, 0.3) is 0 Å². The van der Waals surface area contributed by atoms with Crippen LogP contribution in [0.15, 0.2) is 54.6 Å². The first-order valence-electron chi connectivity index (χ1n) is 6.09. The van der Waals surface area contributed by atoms with Crippen LogP contribution in [-0.2, 0) is 0 Å². The van der Waals surface area contributed by atoms with Gasteiger partial charge in [-0.25, -0.2) is 0 Å². The van der Waals surface area contributed by atoms with Crippen LogP contribution in [0, 0.1) is 0 Å². The van der Waals surface area contributed by atoms with Crippen molar-refractivity contribution in [2.45, 2.75) is 13.0 Å². The molecule has 0 heterocycles. The number of carbonyl (C=O) groups is 1. The van der Waals surface area contributed by atoms with E-state index in [2.05, 4.69) is 17.4 Å². The monoisotopic (exact) mass is 239 g/mol. The molecule has 0 aliphatic heterocycles. The maximum Gasteiger partial charge on any atom is 0.179 e. The van der Waals surface area contributed by atoms with E-state index in [-0.39, 0.29) is 11.8 Å². The van der Waals surface area contributed by atoms with Crippen molar-refractivity contribution in [2.24, 2.45) is 0 Å². The maximum atomic E-state index is 12.0. The van der Waals surface area contributed by atoms with Crippen LogP contribution in [0.1, 0.15) is 17.3 Å². The molecule has 2 heteroatoms. The summed E-state index contributed by atoms with van der Waals surface area (Å²) in [5.41, 5.74) is 3.04. The second-order valence-corrected chi connectivity index (χ2v) is 4.32. The first kappa shape index (κ1) is 12.5. The molecule has 0 radical (unpaired) electrons. The van der Waals surface area contributed by atoms with Crippen LogP contribution in [0.3, 0.4) is 0 Å². The highest BCUT2D eigenvalue weighted by Gasteiger charge is 2.12. The molecule has 0 spiro atoms. The Labute approximate surface area is 108 Å². The van der Waals surface area contributed by atoms with Crippen molar-refractivity contribution >= 4 is 5.78 Å². The van der Waals surface area contributed by atoms with E-state index in [1.807, 2.05) is 49.4 Å². The minimum Gasteiger partial charge on any atom is -0.310 e. The van der Waals surface area contributed by atoms with Gasteiger partial charge in [-0.15, -0.1) is 0 Å². The number of likely N-dealkylation sites (N-methyl/N-ethyl adjacent to an activating group) is 1. The predicted octanol–water partition coefficient (Wildman–Crippen LogP) is 3.14. The third-order valence-corrected chi connectivity index (χ3v) is 3.10. The van der Waals surface area contributed by atoms with Gasteiger partial charge in [-0.3, -0.25) is 4.79 Å². The number of nitrogens with one attached hydrogen (secondary N) is 1. The number of carbonyl (C=O) groups excluding carboxylic acids is 1. The molecule has 1 unspecified atom stereocenters. The van der Waals surface area contributed by atoms with E-state index in [0.29, 0.717) is 0 Å². The molecule has 2 aromatic carbocycles. The normalized spacial score (nSPS) is 12.1. The fourth-order valence-corrected chi connectivity index (χ4v) is 1.84. The Hall–Kier alpha value is -1.93. The molecule has 0 fully saturated rings. The molecule has 1 atom stereocenters. The second-order valence-electron chi connectivity index (χ2n) is 4.32. The van der Waals surface area contributed by atoms with Crippen LogP contribution in [0.5, 0.6) is 0 Å². The Balaban J connectivity index is 2.23. The number of Topliss-reactive ketones (excluding diaryl/α,β-unsaturated/α-hetero) is 1. The van der Waals surface area contributed by atoms with Gasteiger partial charge in [-0.1, -0.05) is 54.6 Å². The Morgan fingerprint density at radius 1 is 0.944 bits per heavy atom. The van der Waals surface area contributed by atoms with Crippen molar-refractivity contribution in [3.8, 4) is 11.1 Å². The average Bonchev–Trinajstić information content (AvgIpc) is 2.47. The van der Waals surface area contributed by atoms with Gasteiger partial charge in [0.15, 0.2) is 5.78 Å². The quantitative estimate of drug-likeness (QED) is 0.830. The summed E-state index contributed by atoms with van der Waals surface area (Å²) in [6.07, 6.45) is 0. The summed E-state index contributed by atoms with van der Waals surface area (Å²) in [4.78, 5) is 12.0. The van der Waals surface area contributed by atoms with Crippen molar-refractivity contribution in [1.82, 2.24) is 5.32 Å². The molecule has 92 valence electrons. The van der Waals surface area contributed by atoms with E-state index in [0.717, 1.165) is 16.7 Å². The molecule has 18 heavy (non-hydrogen) atoms. The van der Waals surface area contributed by atoms with E-state index in [4.69, 9.17) is 0 Å². The fraction of sp³-hybridized carbons (Fsp3) is 0.188. The Morgan fingerprint density at radius 3 is 2.06 bits per heavy atom. The Morgan fingerprint density at radius 2 is 1.50 bits per heavy atom. The third kappa shape index (κ3) is 2.66. The van der Waals surface area contributed by atoms with E-state index >= 15 is 0 Å². The molecular weight excluding hydrogens is 222 g/mol. The van der Waals surface area contributed by atoms with Gasteiger partial charge in [0.05, 0.1) is 6.04 Å². The van der Waals surface area contributed by atoms with Gasteiger partial charge >= 0.3 is 0 Å². The Kier molecular flexibility index (Phi) is 3.90. The first-order valence-corrected chi connectivity index (χ1v) is 6.09. The van der Waals surface area contributed by atoms with Gasteiger partial charge in [0.2, 0.25) is 0 Å². The van der Waals surface area contributed by atoms with Crippen LogP contribution in [0.25, 0.3) is 11.1 Å². The van der Waals surface area contributed by atoms with Crippen molar-refractivity contribution in [3.05, 3.63) is 60.2 Å². The smallest absolute Gasteiger partial charge is 0.179 e. The molecule has 0 aliphatic carbocycles. The zero-order valence-electron chi connectivity index (χ0n) is 10.7. The summed E-state index contributed by atoms with van der Waals surface area (Å²) in [7, 11) is 1.79. The largest absolute Gasteiger partial charge is 0.310 e. The van der Waals surface area contributed by atoms with Crippen LogP contribution in [-0.4, -0.2) is 18.9 Å². The fourth-order valence-electron chi connectivity index (χ4n) is 1.84. The lowest BCUT2D eigenvalue weighted by Gasteiger charge is -2.09. The second kappa shape index (κ2) is 5.61. The number of benzene rings is 2. The van der Waals surface area contributed by atoms with Gasteiger partial charge < -0.3 is 5.32 Å². The predicted molar refractivity (Wildman–Crippen MR) is 74.7 cm³/mol. The molecule has 0 aromatic heterocycles. The van der Waals surface area contributed by atoms with Crippen molar-refractivity contribution in [2.75, 3.05) is 7.05 Å². The summed E-state index contributed by atoms with van der Waals surface area (Å²) in [5, 5.41) is 2.96. The van der Waals surface area contributed by atoms with Gasteiger partial charge in [-0.05, 0) is 25.1 Å². The van der Waals surface area contributed by atoms with Crippen LogP contribution < -0.4 is 5.32 Å². The highest BCUT2D eigenvalue weighted by Crippen LogP contribution is 2.19. The highest BCUT2D eigenvalue weighted by atomic mass is 16.1. The minimum absolute atomic E-state index is 0.122. The number of ketones is 1. The molecule has 2 rings (SSSR count). The van der Waals surface area contributed by atoms with Crippen LogP contribution in [0.4, 0.5) is 0 Å². The molecule has 2 aromatic rings. The van der Waals surface area contributed by atoms with E-state index in [9.17, 15) is 4.79 Å².